The second-order valence-electron chi connectivity index (χ2n) is 3.66. The molecule has 18 heavy (non-hydrogen) atoms. The summed E-state index contributed by atoms with van der Waals surface area (Å²) in [4.78, 5) is 22.3. The van der Waals surface area contributed by atoms with Gasteiger partial charge in [-0.1, -0.05) is 0 Å². The molecule has 0 unspecified atom stereocenters. The van der Waals surface area contributed by atoms with E-state index in [1.54, 1.807) is 31.4 Å². The van der Waals surface area contributed by atoms with Crippen LogP contribution in [0.1, 0.15) is 10.4 Å². The van der Waals surface area contributed by atoms with E-state index in [0.29, 0.717) is 24.4 Å². The van der Waals surface area contributed by atoms with Gasteiger partial charge in [0.2, 0.25) is 11.8 Å². The van der Waals surface area contributed by atoms with Crippen LogP contribution in [0.3, 0.4) is 0 Å². The van der Waals surface area contributed by atoms with Gasteiger partial charge in [0.15, 0.2) is 0 Å². The van der Waals surface area contributed by atoms with Crippen LogP contribution < -0.4 is 16.4 Å². The molecule has 1 aromatic rings. The summed E-state index contributed by atoms with van der Waals surface area (Å²) in [5.74, 6) is -0.646. The largest absolute Gasteiger partial charge is 0.383 e. The maximum Gasteiger partial charge on any atom is 0.248 e. The molecule has 0 aliphatic rings. The first-order valence-corrected chi connectivity index (χ1v) is 5.53. The van der Waals surface area contributed by atoms with E-state index in [-0.39, 0.29) is 12.5 Å². The number of hydrogen-bond donors (Lipinski definition) is 3. The number of amides is 2. The van der Waals surface area contributed by atoms with Crippen molar-refractivity contribution in [3.05, 3.63) is 29.8 Å². The highest BCUT2D eigenvalue weighted by Crippen LogP contribution is 2.08. The molecular formula is C12H17N3O3. The third-order valence-corrected chi connectivity index (χ3v) is 2.22. The number of hydrogen-bond acceptors (Lipinski definition) is 4. The Bertz CT molecular complexity index is 404. The van der Waals surface area contributed by atoms with Crippen LogP contribution in [-0.4, -0.2) is 38.6 Å². The molecule has 1 aromatic carbocycles. The van der Waals surface area contributed by atoms with E-state index in [1.165, 1.54) is 0 Å². The van der Waals surface area contributed by atoms with Gasteiger partial charge in [-0.25, -0.2) is 0 Å². The van der Waals surface area contributed by atoms with E-state index in [2.05, 4.69) is 10.6 Å². The summed E-state index contributed by atoms with van der Waals surface area (Å²) >= 11 is 0. The first-order valence-electron chi connectivity index (χ1n) is 5.53. The first kappa shape index (κ1) is 14.1. The molecule has 0 saturated carbocycles. The number of carbonyl (C=O) groups excluding carboxylic acids is 2. The number of rotatable bonds is 7. The molecule has 0 aliphatic carbocycles. The third-order valence-electron chi connectivity index (χ3n) is 2.22. The van der Waals surface area contributed by atoms with Gasteiger partial charge in [-0.15, -0.1) is 0 Å². The molecule has 0 spiro atoms. The molecular weight excluding hydrogens is 234 g/mol. The number of carbonyl (C=O) groups is 2. The summed E-state index contributed by atoms with van der Waals surface area (Å²) < 4.78 is 4.84. The monoisotopic (exact) mass is 251 g/mol. The van der Waals surface area contributed by atoms with Crippen molar-refractivity contribution in [1.29, 1.82) is 0 Å². The van der Waals surface area contributed by atoms with Crippen LogP contribution in [0.4, 0.5) is 5.69 Å². The lowest BCUT2D eigenvalue weighted by Crippen LogP contribution is -2.30. The van der Waals surface area contributed by atoms with Crippen LogP contribution in [0.5, 0.6) is 0 Å². The minimum absolute atomic E-state index is 0.155. The second kappa shape index (κ2) is 7.41. The molecule has 98 valence electrons. The number of benzene rings is 1. The van der Waals surface area contributed by atoms with Crippen LogP contribution in [0.25, 0.3) is 0 Å². The minimum Gasteiger partial charge on any atom is -0.383 e. The van der Waals surface area contributed by atoms with Gasteiger partial charge in [-0.05, 0) is 24.3 Å². The van der Waals surface area contributed by atoms with E-state index in [1.807, 2.05) is 0 Å². The summed E-state index contributed by atoms with van der Waals surface area (Å²) in [6.45, 7) is 1.38. The molecule has 0 saturated heterocycles. The number of nitrogens with two attached hydrogens (primary N) is 1. The third kappa shape index (κ3) is 4.94. The summed E-state index contributed by atoms with van der Waals surface area (Å²) in [5, 5.41) is 5.62. The molecule has 0 fully saturated rings. The fourth-order valence-corrected chi connectivity index (χ4v) is 1.30. The van der Waals surface area contributed by atoms with Crippen LogP contribution in [0, 0.1) is 0 Å². The van der Waals surface area contributed by atoms with Crippen molar-refractivity contribution in [3.63, 3.8) is 0 Å². The average Bonchev–Trinajstić information content (AvgIpc) is 2.35. The number of ether oxygens (including phenoxy) is 1. The highest BCUT2D eigenvalue weighted by molar-refractivity contribution is 5.95. The molecule has 0 aromatic heterocycles. The van der Waals surface area contributed by atoms with Crippen molar-refractivity contribution in [1.82, 2.24) is 5.32 Å². The van der Waals surface area contributed by atoms with Crippen LogP contribution >= 0.6 is 0 Å². The lowest BCUT2D eigenvalue weighted by atomic mass is 10.2. The Kier molecular flexibility index (Phi) is 5.83. The zero-order valence-corrected chi connectivity index (χ0v) is 10.2. The topological polar surface area (TPSA) is 93.4 Å². The molecule has 4 N–H and O–H groups in total. The highest BCUT2D eigenvalue weighted by Gasteiger charge is 2.03. The van der Waals surface area contributed by atoms with E-state index in [4.69, 9.17) is 10.5 Å². The first-order chi connectivity index (χ1) is 8.63. The molecule has 1 rings (SSSR count). The van der Waals surface area contributed by atoms with Gasteiger partial charge < -0.3 is 21.1 Å². The molecule has 0 atom stereocenters. The molecule has 2 amide bonds. The fourth-order valence-electron chi connectivity index (χ4n) is 1.30. The van der Waals surface area contributed by atoms with Crippen molar-refractivity contribution in [2.75, 3.05) is 32.1 Å². The van der Waals surface area contributed by atoms with Crippen molar-refractivity contribution in [2.45, 2.75) is 0 Å². The van der Waals surface area contributed by atoms with Crippen LogP contribution in [-0.2, 0) is 9.53 Å². The Morgan fingerprint density at radius 1 is 1.28 bits per heavy atom. The SMILES string of the molecule is COCCNCC(=O)Nc1ccc(C(N)=O)cc1. The molecule has 0 heterocycles. The lowest BCUT2D eigenvalue weighted by molar-refractivity contribution is -0.115. The number of methoxy groups -OCH3 is 1. The van der Waals surface area contributed by atoms with Gasteiger partial charge in [0.05, 0.1) is 13.2 Å². The predicted octanol–water partition coefficient (Wildman–Crippen LogP) is -0.0400. The van der Waals surface area contributed by atoms with Gasteiger partial charge in [0.1, 0.15) is 0 Å². The van der Waals surface area contributed by atoms with Crippen molar-refractivity contribution < 1.29 is 14.3 Å². The number of nitrogens with one attached hydrogen (secondary N) is 2. The Balaban J connectivity index is 2.37. The normalized spacial score (nSPS) is 10.1. The van der Waals surface area contributed by atoms with Gasteiger partial charge in [-0.3, -0.25) is 9.59 Å². The average molecular weight is 251 g/mol. The summed E-state index contributed by atoms with van der Waals surface area (Å²) in [6, 6.07) is 6.40. The Hall–Kier alpha value is -1.92. The van der Waals surface area contributed by atoms with E-state index >= 15 is 0 Å². The molecule has 0 bridgehead atoms. The van der Waals surface area contributed by atoms with Crippen molar-refractivity contribution in [2.24, 2.45) is 5.73 Å². The number of primary amides is 1. The van der Waals surface area contributed by atoms with Crippen LogP contribution in [0.15, 0.2) is 24.3 Å². The zero-order chi connectivity index (χ0) is 13.4. The Morgan fingerprint density at radius 2 is 1.94 bits per heavy atom. The van der Waals surface area contributed by atoms with Crippen molar-refractivity contribution in [3.8, 4) is 0 Å². The minimum atomic E-state index is -0.492. The summed E-state index contributed by atoms with van der Waals surface area (Å²) in [6.07, 6.45) is 0. The maximum atomic E-state index is 11.5. The fraction of sp³-hybridized carbons (Fsp3) is 0.333. The van der Waals surface area contributed by atoms with Gasteiger partial charge >= 0.3 is 0 Å². The van der Waals surface area contributed by atoms with Crippen LogP contribution in [0.2, 0.25) is 0 Å². The quantitative estimate of drug-likeness (QED) is 0.593. The molecule has 0 aliphatic heterocycles. The van der Waals surface area contributed by atoms with Gasteiger partial charge in [-0.2, -0.15) is 0 Å². The summed E-state index contributed by atoms with van der Waals surface area (Å²) in [5.41, 5.74) is 6.14. The number of anilines is 1. The van der Waals surface area contributed by atoms with E-state index < -0.39 is 5.91 Å². The standard InChI is InChI=1S/C12H17N3O3/c1-18-7-6-14-8-11(16)15-10-4-2-9(3-5-10)12(13)17/h2-5,14H,6-8H2,1H3,(H2,13,17)(H,15,16). The smallest absolute Gasteiger partial charge is 0.248 e. The zero-order valence-electron chi connectivity index (χ0n) is 10.2. The Morgan fingerprint density at radius 3 is 2.50 bits per heavy atom. The molecule has 6 nitrogen and oxygen atoms in total. The van der Waals surface area contributed by atoms with Gasteiger partial charge in [0.25, 0.3) is 0 Å². The van der Waals surface area contributed by atoms with Gasteiger partial charge in [0, 0.05) is 24.9 Å². The second-order valence-corrected chi connectivity index (χ2v) is 3.66. The maximum absolute atomic E-state index is 11.5. The van der Waals surface area contributed by atoms with Crippen molar-refractivity contribution >= 4 is 17.5 Å². The highest BCUT2D eigenvalue weighted by atomic mass is 16.5. The van der Waals surface area contributed by atoms with E-state index in [0.717, 1.165) is 0 Å². The Labute approximate surface area is 105 Å². The lowest BCUT2D eigenvalue weighted by Gasteiger charge is -2.06. The predicted molar refractivity (Wildman–Crippen MR) is 68.3 cm³/mol. The molecule has 6 heteroatoms. The molecule has 0 radical (unpaired) electrons. The summed E-state index contributed by atoms with van der Waals surface area (Å²) in [7, 11) is 1.60. The van der Waals surface area contributed by atoms with E-state index in [9.17, 15) is 9.59 Å².